The minimum absolute atomic E-state index is 0.0111. The molecule has 1 radical (unpaired) electrons. The summed E-state index contributed by atoms with van der Waals surface area (Å²) in [5.74, 6) is 0.0111. The molecule has 0 aliphatic heterocycles. The molecule has 4 rings (SSSR count). The predicted molar refractivity (Wildman–Crippen MR) is 102 cm³/mol. The van der Waals surface area contributed by atoms with Crippen LogP contribution in [0.15, 0.2) is 54.6 Å². The molecular formula is C22H20NO. The molecule has 0 spiro atoms. The van der Waals surface area contributed by atoms with Crippen molar-refractivity contribution in [3.8, 4) is 0 Å². The summed E-state index contributed by atoms with van der Waals surface area (Å²) in [6, 6.07) is 18.8. The van der Waals surface area contributed by atoms with Crippen molar-refractivity contribution in [1.82, 2.24) is 5.32 Å². The molecule has 4 aromatic rings. The second-order valence-electron chi connectivity index (χ2n) is 6.29. The molecule has 2 heteroatoms. The standard InChI is InChI=1S/C22H20NO/c1-2-3-4-14-23-22(24)19-13-11-17-9-8-15-6-5-7-16-10-12-18(19)21(17)20(15)16/h5-13H,1-4,14H2,(H,23,24). The maximum absolute atomic E-state index is 12.6. The molecule has 4 aromatic carbocycles. The molecule has 0 saturated heterocycles. The van der Waals surface area contributed by atoms with Crippen molar-refractivity contribution in [3.05, 3.63) is 67.1 Å². The monoisotopic (exact) mass is 314 g/mol. The maximum Gasteiger partial charge on any atom is 0.251 e. The van der Waals surface area contributed by atoms with Crippen LogP contribution in [0.25, 0.3) is 32.3 Å². The topological polar surface area (TPSA) is 29.1 Å². The van der Waals surface area contributed by atoms with E-state index in [9.17, 15) is 4.79 Å². The van der Waals surface area contributed by atoms with Gasteiger partial charge in [0.25, 0.3) is 5.91 Å². The van der Waals surface area contributed by atoms with Crippen LogP contribution in [0.3, 0.4) is 0 Å². The van der Waals surface area contributed by atoms with Gasteiger partial charge in [0.15, 0.2) is 0 Å². The highest BCUT2D eigenvalue weighted by Gasteiger charge is 2.14. The molecular weight excluding hydrogens is 294 g/mol. The third-order valence-electron chi connectivity index (χ3n) is 4.74. The van der Waals surface area contributed by atoms with Crippen LogP contribution in [0.5, 0.6) is 0 Å². The van der Waals surface area contributed by atoms with Gasteiger partial charge in [0.1, 0.15) is 0 Å². The first-order valence-electron chi connectivity index (χ1n) is 8.53. The van der Waals surface area contributed by atoms with Gasteiger partial charge in [-0.2, -0.15) is 0 Å². The highest BCUT2D eigenvalue weighted by molar-refractivity contribution is 6.26. The van der Waals surface area contributed by atoms with Crippen LogP contribution in [-0.4, -0.2) is 12.5 Å². The Labute approximate surface area is 141 Å². The lowest BCUT2D eigenvalue weighted by Crippen LogP contribution is -2.24. The summed E-state index contributed by atoms with van der Waals surface area (Å²) in [7, 11) is 0. The molecule has 0 fully saturated rings. The van der Waals surface area contributed by atoms with E-state index in [1.807, 2.05) is 6.07 Å². The molecule has 2 nitrogen and oxygen atoms in total. The van der Waals surface area contributed by atoms with Gasteiger partial charge in [-0.05, 0) is 44.8 Å². The molecule has 24 heavy (non-hydrogen) atoms. The lowest BCUT2D eigenvalue weighted by molar-refractivity contribution is 0.0954. The number of hydrogen-bond acceptors (Lipinski definition) is 1. The Balaban J connectivity index is 1.83. The van der Waals surface area contributed by atoms with Crippen molar-refractivity contribution in [1.29, 1.82) is 0 Å². The van der Waals surface area contributed by atoms with E-state index >= 15 is 0 Å². The van der Waals surface area contributed by atoms with E-state index in [0.29, 0.717) is 6.54 Å². The van der Waals surface area contributed by atoms with E-state index in [1.54, 1.807) is 0 Å². The van der Waals surface area contributed by atoms with Crippen LogP contribution in [0.1, 0.15) is 29.6 Å². The molecule has 0 aliphatic carbocycles. The highest BCUT2D eigenvalue weighted by atomic mass is 16.1. The van der Waals surface area contributed by atoms with Crippen LogP contribution < -0.4 is 5.32 Å². The van der Waals surface area contributed by atoms with Crippen molar-refractivity contribution in [2.45, 2.75) is 19.3 Å². The Morgan fingerprint density at radius 1 is 0.833 bits per heavy atom. The number of hydrogen-bond donors (Lipinski definition) is 1. The number of amides is 1. The van der Waals surface area contributed by atoms with E-state index in [1.165, 1.54) is 26.9 Å². The van der Waals surface area contributed by atoms with Gasteiger partial charge in [0.2, 0.25) is 0 Å². The molecule has 0 aliphatic rings. The Morgan fingerprint density at radius 3 is 2.25 bits per heavy atom. The van der Waals surface area contributed by atoms with Crippen molar-refractivity contribution in [2.75, 3.05) is 6.54 Å². The van der Waals surface area contributed by atoms with Crippen LogP contribution in [-0.2, 0) is 0 Å². The van der Waals surface area contributed by atoms with Gasteiger partial charge >= 0.3 is 0 Å². The van der Waals surface area contributed by atoms with Crippen molar-refractivity contribution >= 4 is 38.2 Å². The summed E-state index contributed by atoms with van der Waals surface area (Å²) in [6.45, 7) is 4.54. The Hall–Kier alpha value is -2.61. The molecule has 0 heterocycles. The van der Waals surface area contributed by atoms with Gasteiger partial charge in [-0.1, -0.05) is 68.3 Å². The fraction of sp³-hybridized carbons (Fsp3) is 0.182. The Morgan fingerprint density at radius 2 is 1.50 bits per heavy atom. The number of nitrogens with one attached hydrogen (secondary N) is 1. The first kappa shape index (κ1) is 14.9. The zero-order valence-electron chi connectivity index (χ0n) is 13.6. The zero-order valence-corrected chi connectivity index (χ0v) is 13.6. The summed E-state index contributed by atoms with van der Waals surface area (Å²) < 4.78 is 0. The molecule has 1 amide bonds. The lowest BCUT2D eigenvalue weighted by Gasteiger charge is -2.13. The van der Waals surface area contributed by atoms with Crippen LogP contribution in [0, 0.1) is 6.92 Å². The van der Waals surface area contributed by atoms with Crippen LogP contribution in [0.4, 0.5) is 0 Å². The Kier molecular flexibility index (Phi) is 3.81. The average Bonchev–Trinajstić information content (AvgIpc) is 2.63. The molecule has 1 N–H and O–H groups in total. The minimum atomic E-state index is 0.0111. The quantitative estimate of drug-likeness (QED) is 0.392. The summed E-state index contributed by atoms with van der Waals surface area (Å²) in [4.78, 5) is 12.6. The van der Waals surface area contributed by atoms with Gasteiger partial charge < -0.3 is 5.32 Å². The second-order valence-corrected chi connectivity index (χ2v) is 6.29. The molecule has 0 saturated carbocycles. The summed E-state index contributed by atoms with van der Waals surface area (Å²) in [5.41, 5.74) is 0.760. The van der Waals surface area contributed by atoms with Gasteiger partial charge in [-0.15, -0.1) is 0 Å². The van der Waals surface area contributed by atoms with Gasteiger partial charge in [0.05, 0.1) is 0 Å². The van der Waals surface area contributed by atoms with E-state index in [0.717, 1.165) is 30.2 Å². The first-order valence-corrected chi connectivity index (χ1v) is 8.53. The average molecular weight is 314 g/mol. The number of carbonyl (C=O) groups excluding carboxylic acids is 1. The van der Waals surface area contributed by atoms with Crippen molar-refractivity contribution < 1.29 is 4.79 Å². The summed E-state index contributed by atoms with van der Waals surface area (Å²) in [5, 5.41) is 10.1. The third-order valence-corrected chi connectivity index (χ3v) is 4.74. The Bertz CT molecular complexity index is 1000. The molecule has 0 aromatic heterocycles. The van der Waals surface area contributed by atoms with E-state index in [-0.39, 0.29) is 5.91 Å². The fourth-order valence-electron chi connectivity index (χ4n) is 3.53. The third kappa shape index (κ3) is 2.39. The molecule has 0 atom stereocenters. The number of benzene rings is 4. The number of unbranched alkanes of at least 4 members (excludes halogenated alkanes) is 2. The molecule has 0 unspecified atom stereocenters. The zero-order chi connectivity index (χ0) is 16.5. The smallest absolute Gasteiger partial charge is 0.251 e. The van der Waals surface area contributed by atoms with Gasteiger partial charge in [-0.3, -0.25) is 4.79 Å². The highest BCUT2D eigenvalue weighted by Crippen LogP contribution is 2.35. The summed E-state index contributed by atoms with van der Waals surface area (Å²) >= 11 is 0. The van der Waals surface area contributed by atoms with Gasteiger partial charge in [-0.25, -0.2) is 0 Å². The maximum atomic E-state index is 12.6. The lowest BCUT2D eigenvalue weighted by atomic mass is 9.92. The predicted octanol–water partition coefficient (Wildman–Crippen LogP) is 5.32. The normalized spacial score (nSPS) is 11.5. The second kappa shape index (κ2) is 6.12. The van der Waals surface area contributed by atoms with Crippen molar-refractivity contribution in [2.24, 2.45) is 0 Å². The minimum Gasteiger partial charge on any atom is -0.352 e. The van der Waals surface area contributed by atoms with Crippen LogP contribution >= 0.6 is 0 Å². The summed E-state index contributed by atoms with van der Waals surface area (Å²) in [6.07, 6.45) is 2.93. The largest absolute Gasteiger partial charge is 0.352 e. The SMILES string of the molecule is [CH2]CCCCNC(=O)c1ccc2ccc3cccc4ccc1c2c34. The van der Waals surface area contributed by atoms with Crippen molar-refractivity contribution in [3.63, 3.8) is 0 Å². The van der Waals surface area contributed by atoms with Gasteiger partial charge in [0, 0.05) is 12.1 Å². The van der Waals surface area contributed by atoms with E-state index in [4.69, 9.17) is 0 Å². The number of carbonyl (C=O) groups is 1. The molecule has 0 bridgehead atoms. The van der Waals surface area contributed by atoms with E-state index < -0.39 is 0 Å². The fourth-order valence-corrected chi connectivity index (χ4v) is 3.53. The first-order chi connectivity index (χ1) is 11.8. The molecule has 119 valence electrons. The van der Waals surface area contributed by atoms with Crippen LogP contribution in [0.2, 0.25) is 0 Å². The van der Waals surface area contributed by atoms with E-state index in [2.05, 4.69) is 60.8 Å². The number of rotatable bonds is 5.